The number of aliphatic carboxylic acids is 1. The zero-order valence-electron chi connectivity index (χ0n) is 12.8. The fourth-order valence-electron chi connectivity index (χ4n) is 2.13. The van der Waals surface area contributed by atoms with Crippen LogP contribution in [0.4, 0.5) is 5.69 Å². The number of aliphatic imine (C=N–C) groups is 1. The van der Waals surface area contributed by atoms with Gasteiger partial charge in [0.1, 0.15) is 6.04 Å². The van der Waals surface area contributed by atoms with Crippen molar-refractivity contribution in [3.8, 4) is 0 Å². The molecule has 0 saturated heterocycles. The van der Waals surface area contributed by atoms with Gasteiger partial charge in [-0.25, -0.2) is 9.79 Å². The fraction of sp³-hybridized carbons (Fsp3) is 0.118. The Hall–Kier alpha value is -3.35. The number of carboxylic acid groups (broad SMARTS) is 1. The lowest BCUT2D eigenvalue weighted by molar-refractivity contribution is -0.139. The third kappa shape index (κ3) is 4.84. The molecule has 0 aliphatic rings. The highest BCUT2D eigenvalue weighted by molar-refractivity contribution is 5.97. The summed E-state index contributed by atoms with van der Waals surface area (Å²) in [7, 11) is 0. The minimum Gasteiger partial charge on any atom is -0.480 e. The number of guanidine groups is 1. The molecule has 0 fully saturated rings. The second-order valence-electron chi connectivity index (χ2n) is 5.14. The molecule has 7 heteroatoms. The first-order valence-corrected chi connectivity index (χ1v) is 7.23. The molecule has 0 spiro atoms. The topological polar surface area (TPSA) is 131 Å². The quantitative estimate of drug-likeness (QED) is 0.465. The Morgan fingerprint density at radius 2 is 1.67 bits per heavy atom. The molecule has 2 aromatic rings. The maximum Gasteiger partial charge on any atom is 0.326 e. The molecule has 2 aromatic carbocycles. The summed E-state index contributed by atoms with van der Waals surface area (Å²) >= 11 is 0. The number of rotatable bonds is 6. The van der Waals surface area contributed by atoms with Crippen LogP contribution in [0.2, 0.25) is 0 Å². The molecule has 24 heavy (non-hydrogen) atoms. The summed E-state index contributed by atoms with van der Waals surface area (Å²) in [5.41, 5.74) is 12.2. The van der Waals surface area contributed by atoms with Gasteiger partial charge in [0.2, 0.25) is 0 Å². The standard InChI is InChI=1S/C17H18N4O3/c18-17(19)20-13-8-6-12(7-9-13)15(22)21-14(16(23)24)10-11-4-2-1-3-5-11/h1-9,14H,10H2,(H,21,22)(H,23,24)(H4,18,19,20)/t14-/m0/s1. The van der Waals surface area contributed by atoms with Crippen LogP contribution in [0.5, 0.6) is 0 Å². The number of hydrogen-bond acceptors (Lipinski definition) is 3. The van der Waals surface area contributed by atoms with Crippen molar-refractivity contribution in [2.24, 2.45) is 16.5 Å². The lowest BCUT2D eigenvalue weighted by atomic mass is 10.1. The van der Waals surface area contributed by atoms with Crippen LogP contribution in [0.1, 0.15) is 15.9 Å². The molecule has 124 valence electrons. The molecular weight excluding hydrogens is 308 g/mol. The average Bonchev–Trinajstić information content (AvgIpc) is 2.55. The Morgan fingerprint density at radius 1 is 1.04 bits per heavy atom. The van der Waals surface area contributed by atoms with E-state index in [0.29, 0.717) is 11.3 Å². The summed E-state index contributed by atoms with van der Waals surface area (Å²) in [6.45, 7) is 0. The number of carbonyl (C=O) groups excluding carboxylic acids is 1. The van der Waals surface area contributed by atoms with Crippen molar-refractivity contribution in [3.63, 3.8) is 0 Å². The van der Waals surface area contributed by atoms with Crippen LogP contribution in [0.15, 0.2) is 59.6 Å². The van der Waals surface area contributed by atoms with Gasteiger partial charge in [-0.2, -0.15) is 0 Å². The normalized spacial score (nSPS) is 11.3. The molecule has 0 heterocycles. The van der Waals surface area contributed by atoms with Crippen molar-refractivity contribution in [3.05, 3.63) is 65.7 Å². The van der Waals surface area contributed by atoms with E-state index in [4.69, 9.17) is 11.5 Å². The highest BCUT2D eigenvalue weighted by atomic mass is 16.4. The van der Waals surface area contributed by atoms with Crippen LogP contribution in [-0.4, -0.2) is 29.0 Å². The van der Waals surface area contributed by atoms with E-state index in [-0.39, 0.29) is 12.4 Å². The van der Waals surface area contributed by atoms with Crippen LogP contribution in [0.3, 0.4) is 0 Å². The summed E-state index contributed by atoms with van der Waals surface area (Å²) in [6, 6.07) is 14.3. The highest BCUT2D eigenvalue weighted by Gasteiger charge is 2.21. The van der Waals surface area contributed by atoms with Crippen LogP contribution in [0.25, 0.3) is 0 Å². The Labute approximate surface area is 139 Å². The molecule has 1 amide bonds. The number of benzene rings is 2. The third-order valence-electron chi connectivity index (χ3n) is 3.27. The van der Waals surface area contributed by atoms with Gasteiger partial charge in [0, 0.05) is 12.0 Å². The van der Waals surface area contributed by atoms with Crippen molar-refractivity contribution >= 4 is 23.5 Å². The van der Waals surface area contributed by atoms with Crippen molar-refractivity contribution in [2.45, 2.75) is 12.5 Å². The minimum atomic E-state index is -1.09. The molecule has 0 aliphatic heterocycles. The molecular formula is C17H18N4O3. The number of nitrogens with one attached hydrogen (secondary N) is 1. The summed E-state index contributed by atoms with van der Waals surface area (Å²) in [6.07, 6.45) is 0.202. The molecule has 6 N–H and O–H groups in total. The first kappa shape index (κ1) is 17.0. The molecule has 1 atom stereocenters. The lowest BCUT2D eigenvalue weighted by Crippen LogP contribution is -2.42. The fourth-order valence-corrected chi connectivity index (χ4v) is 2.13. The van der Waals surface area contributed by atoms with E-state index in [9.17, 15) is 14.7 Å². The van der Waals surface area contributed by atoms with Gasteiger partial charge >= 0.3 is 5.97 Å². The zero-order valence-corrected chi connectivity index (χ0v) is 12.8. The largest absolute Gasteiger partial charge is 0.480 e. The number of nitrogens with zero attached hydrogens (tertiary/aromatic N) is 1. The Balaban J connectivity index is 2.07. The third-order valence-corrected chi connectivity index (χ3v) is 3.27. The number of carbonyl (C=O) groups is 2. The number of hydrogen-bond donors (Lipinski definition) is 4. The lowest BCUT2D eigenvalue weighted by Gasteiger charge is -2.14. The number of nitrogens with two attached hydrogens (primary N) is 2. The predicted molar refractivity (Wildman–Crippen MR) is 90.9 cm³/mol. The van der Waals surface area contributed by atoms with Crippen LogP contribution < -0.4 is 16.8 Å². The van der Waals surface area contributed by atoms with Gasteiger partial charge in [-0.3, -0.25) is 4.79 Å². The molecule has 7 nitrogen and oxygen atoms in total. The maximum absolute atomic E-state index is 12.2. The van der Waals surface area contributed by atoms with Gasteiger partial charge in [0.05, 0.1) is 5.69 Å². The van der Waals surface area contributed by atoms with E-state index in [1.54, 1.807) is 12.1 Å². The number of carboxylic acids is 1. The van der Waals surface area contributed by atoms with E-state index >= 15 is 0 Å². The summed E-state index contributed by atoms with van der Waals surface area (Å²) in [5.74, 6) is -1.65. The SMILES string of the molecule is NC(N)=Nc1ccc(C(=O)N[C@@H](Cc2ccccc2)C(=O)O)cc1. The first-order valence-electron chi connectivity index (χ1n) is 7.23. The molecule has 0 unspecified atom stereocenters. The maximum atomic E-state index is 12.2. The molecule has 0 aliphatic carbocycles. The molecule has 0 radical (unpaired) electrons. The van der Waals surface area contributed by atoms with Crippen molar-refractivity contribution in [1.82, 2.24) is 5.32 Å². The summed E-state index contributed by atoms with van der Waals surface area (Å²) in [4.78, 5) is 27.5. The van der Waals surface area contributed by atoms with Crippen LogP contribution in [-0.2, 0) is 11.2 Å². The molecule has 0 saturated carbocycles. The average molecular weight is 326 g/mol. The van der Waals surface area contributed by atoms with Crippen LogP contribution in [0, 0.1) is 0 Å². The molecule has 2 rings (SSSR count). The van der Waals surface area contributed by atoms with Crippen molar-refractivity contribution in [1.29, 1.82) is 0 Å². The Kier molecular flexibility index (Phi) is 5.51. The highest BCUT2D eigenvalue weighted by Crippen LogP contribution is 2.13. The second-order valence-corrected chi connectivity index (χ2v) is 5.14. The summed E-state index contributed by atoms with van der Waals surface area (Å²) in [5, 5.41) is 11.8. The van der Waals surface area contributed by atoms with Crippen molar-refractivity contribution < 1.29 is 14.7 Å². The van der Waals surface area contributed by atoms with Gasteiger partial charge in [-0.1, -0.05) is 30.3 Å². The number of amides is 1. The minimum absolute atomic E-state index is 0.0824. The monoisotopic (exact) mass is 326 g/mol. The van der Waals surface area contributed by atoms with Gasteiger partial charge in [-0.05, 0) is 29.8 Å². The Bertz CT molecular complexity index is 738. The van der Waals surface area contributed by atoms with Crippen molar-refractivity contribution in [2.75, 3.05) is 0 Å². The molecule has 0 bridgehead atoms. The Morgan fingerprint density at radius 3 is 2.21 bits per heavy atom. The second kappa shape index (κ2) is 7.77. The van der Waals surface area contributed by atoms with Gasteiger partial charge in [0.25, 0.3) is 5.91 Å². The molecule has 0 aromatic heterocycles. The van der Waals surface area contributed by atoms with E-state index in [1.807, 2.05) is 30.3 Å². The van der Waals surface area contributed by atoms with Gasteiger partial charge < -0.3 is 21.9 Å². The van der Waals surface area contributed by atoms with E-state index in [2.05, 4.69) is 10.3 Å². The van der Waals surface area contributed by atoms with Gasteiger partial charge in [-0.15, -0.1) is 0 Å². The van der Waals surface area contributed by atoms with E-state index in [1.165, 1.54) is 12.1 Å². The first-order chi connectivity index (χ1) is 11.5. The van der Waals surface area contributed by atoms with Crippen LogP contribution >= 0.6 is 0 Å². The summed E-state index contributed by atoms with van der Waals surface area (Å²) < 4.78 is 0. The predicted octanol–water partition coefficient (Wildman–Crippen LogP) is 1.02. The van der Waals surface area contributed by atoms with E-state index < -0.39 is 17.9 Å². The smallest absolute Gasteiger partial charge is 0.326 e. The zero-order chi connectivity index (χ0) is 17.5. The van der Waals surface area contributed by atoms with Gasteiger partial charge in [0.15, 0.2) is 5.96 Å². The van der Waals surface area contributed by atoms with E-state index in [0.717, 1.165) is 5.56 Å².